The Morgan fingerprint density at radius 3 is 2.23 bits per heavy atom. The molecule has 30 heavy (non-hydrogen) atoms. The molecule has 146 valence electrons. The van der Waals surface area contributed by atoms with E-state index in [1.165, 1.54) is 5.39 Å². The molecule has 5 rings (SSSR count). The maximum atomic E-state index is 5.01. The molecular formula is C27H23N3. The number of benzene rings is 3. The fourth-order valence-electron chi connectivity index (χ4n) is 3.93. The maximum absolute atomic E-state index is 5.01. The highest BCUT2D eigenvalue weighted by atomic mass is 14.9. The lowest BCUT2D eigenvalue weighted by atomic mass is 9.89. The lowest BCUT2D eigenvalue weighted by molar-refractivity contribution is 0.575. The van der Waals surface area contributed by atoms with Gasteiger partial charge in [-0.3, -0.25) is 4.98 Å². The normalized spacial score (nSPS) is 11.8. The lowest BCUT2D eigenvalue weighted by Crippen LogP contribution is -2.15. The van der Waals surface area contributed by atoms with Gasteiger partial charge in [-0.05, 0) is 23.6 Å². The van der Waals surface area contributed by atoms with Crippen LogP contribution in [0.5, 0.6) is 0 Å². The number of nitrogens with zero attached hydrogens (tertiary/aromatic N) is 3. The van der Waals surface area contributed by atoms with Gasteiger partial charge in [0.25, 0.3) is 0 Å². The maximum Gasteiger partial charge on any atom is 0.160 e. The molecule has 0 aliphatic carbocycles. The topological polar surface area (TPSA) is 38.7 Å². The average molecular weight is 390 g/mol. The zero-order valence-corrected chi connectivity index (χ0v) is 17.4. The van der Waals surface area contributed by atoms with Crippen LogP contribution < -0.4 is 0 Å². The molecule has 0 spiro atoms. The van der Waals surface area contributed by atoms with E-state index in [1.807, 2.05) is 24.4 Å². The summed E-state index contributed by atoms with van der Waals surface area (Å²) in [5.74, 6) is 0.751. The molecule has 3 nitrogen and oxygen atoms in total. The number of rotatable bonds is 2. The fraction of sp³-hybridized carbons (Fsp3) is 0.148. The predicted molar refractivity (Wildman–Crippen MR) is 124 cm³/mol. The van der Waals surface area contributed by atoms with E-state index in [9.17, 15) is 0 Å². The third-order valence-electron chi connectivity index (χ3n) is 5.38. The molecule has 0 aliphatic rings. The van der Waals surface area contributed by atoms with Crippen LogP contribution in [-0.4, -0.2) is 15.0 Å². The highest BCUT2D eigenvalue weighted by Gasteiger charge is 2.21. The van der Waals surface area contributed by atoms with Crippen molar-refractivity contribution in [3.63, 3.8) is 0 Å². The Balaban J connectivity index is 1.70. The summed E-state index contributed by atoms with van der Waals surface area (Å²) < 4.78 is 0. The van der Waals surface area contributed by atoms with E-state index in [-0.39, 0.29) is 5.41 Å². The summed E-state index contributed by atoms with van der Waals surface area (Å²) >= 11 is 0. The van der Waals surface area contributed by atoms with Gasteiger partial charge in [0.2, 0.25) is 0 Å². The highest BCUT2D eigenvalue weighted by Crippen LogP contribution is 2.32. The summed E-state index contributed by atoms with van der Waals surface area (Å²) in [6.45, 7) is 6.59. The van der Waals surface area contributed by atoms with Crippen LogP contribution in [0.4, 0.5) is 0 Å². The Bertz CT molecular complexity index is 1370. The van der Waals surface area contributed by atoms with Crippen LogP contribution in [-0.2, 0) is 5.41 Å². The zero-order chi connectivity index (χ0) is 20.7. The van der Waals surface area contributed by atoms with Gasteiger partial charge in [-0.1, -0.05) is 81.4 Å². The van der Waals surface area contributed by atoms with E-state index in [0.717, 1.165) is 44.6 Å². The van der Waals surface area contributed by atoms with Crippen LogP contribution in [0.1, 0.15) is 26.5 Å². The van der Waals surface area contributed by atoms with Gasteiger partial charge in [0.1, 0.15) is 0 Å². The summed E-state index contributed by atoms with van der Waals surface area (Å²) in [5, 5.41) is 3.44. The van der Waals surface area contributed by atoms with E-state index < -0.39 is 0 Å². The molecule has 0 aliphatic heterocycles. The first kappa shape index (κ1) is 18.4. The minimum absolute atomic E-state index is 0.0773. The summed E-state index contributed by atoms with van der Waals surface area (Å²) in [5.41, 5.74) is 5.01. The number of hydrogen-bond donors (Lipinski definition) is 0. The summed E-state index contributed by atoms with van der Waals surface area (Å²) in [6.07, 6.45) is 1.87. The van der Waals surface area contributed by atoms with Gasteiger partial charge < -0.3 is 0 Å². The third-order valence-corrected chi connectivity index (χ3v) is 5.38. The van der Waals surface area contributed by atoms with E-state index in [0.29, 0.717) is 0 Å². The molecule has 0 N–H and O–H groups in total. The number of pyridine rings is 1. The van der Waals surface area contributed by atoms with Gasteiger partial charge >= 0.3 is 0 Å². The van der Waals surface area contributed by atoms with Crippen molar-refractivity contribution in [3.8, 4) is 22.6 Å². The predicted octanol–water partition coefficient (Wildman–Crippen LogP) is 6.81. The Kier molecular flexibility index (Phi) is 4.32. The molecule has 0 amide bonds. The van der Waals surface area contributed by atoms with Gasteiger partial charge in [-0.15, -0.1) is 0 Å². The van der Waals surface area contributed by atoms with Crippen LogP contribution in [0.3, 0.4) is 0 Å². The highest BCUT2D eigenvalue weighted by molar-refractivity contribution is 5.95. The van der Waals surface area contributed by atoms with Crippen LogP contribution >= 0.6 is 0 Å². The molecule has 2 heterocycles. The van der Waals surface area contributed by atoms with Crippen LogP contribution in [0.25, 0.3) is 44.3 Å². The van der Waals surface area contributed by atoms with Crippen LogP contribution in [0.2, 0.25) is 0 Å². The molecular weight excluding hydrogens is 366 g/mol. The first-order chi connectivity index (χ1) is 14.5. The second kappa shape index (κ2) is 7.03. The number of aromatic nitrogens is 3. The molecule has 3 heteroatoms. The average Bonchev–Trinajstić information content (AvgIpc) is 2.77. The molecule has 0 saturated heterocycles. The summed E-state index contributed by atoms with van der Waals surface area (Å²) in [4.78, 5) is 14.6. The third kappa shape index (κ3) is 3.22. The molecule has 0 bridgehead atoms. The fourth-order valence-corrected chi connectivity index (χ4v) is 3.93. The Morgan fingerprint density at radius 1 is 0.667 bits per heavy atom. The van der Waals surface area contributed by atoms with Crippen molar-refractivity contribution in [3.05, 3.63) is 90.8 Å². The van der Waals surface area contributed by atoms with Gasteiger partial charge in [0, 0.05) is 33.5 Å². The van der Waals surface area contributed by atoms with E-state index in [4.69, 9.17) is 9.97 Å². The van der Waals surface area contributed by atoms with Crippen molar-refractivity contribution in [2.75, 3.05) is 0 Å². The Morgan fingerprint density at radius 2 is 1.40 bits per heavy atom. The number of para-hydroxylation sites is 1. The second-order valence-corrected chi connectivity index (χ2v) is 8.62. The lowest BCUT2D eigenvalue weighted by Gasteiger charge is -2.20. The first-order valence-corrected chi connectivity index (χ1v) is 10.2. The van der Waals surface area contributed by atoms with Gasteiger partial charge in [-0.2, -0.15) is 0 Å². The van der Waals surface area contributed by atoms with Crippen molar-refractivity contribution in [2.24, 2.45) is 0 Å². The van der Waals surface area contributed by atoms with E-state index in [1.54, 1.807) is 0 Å². The first-order valence-electron chi connectivity index (χ1n) is 10.2. The molecule has 0 atom stereocenters. The minimum Gasteiger partial charge on any atom is -0.256 e. The van der Waals surface area contributed by atoms with E-state index in [2.05, 4.69) is 86.4 Å². The zero-order valence-electron chi connectivity index (χ0n) is 17.4. The monoisotopic (exact) mass is 389 g/mol. The van der Waals surface area contributed by atoms with Gasteiger partial charge in [0.15, 0.2) is 5.82 Å². The minimum atomic E-state index is -0.0773. The number of hydrogen-bond acceptors (Lipinski definition) is 3. The van der Waals surface area contributed by atoms with Crippen molar-refractivity contribution in [1.82, 2.24) is 15.0 Å². The molecule has 0 radical (unpaired) electrons. The SMILES string of the molecule is CC(C)(C)c1nc(-c2cccc(-c3nccc4ccccc34)c2)nc2ccccc12. The second-order valence-electron chi connectivity index (χ2n) is 8.62. The summed E-state index contributed by atoms with van der Waals surface area (Å²) in [7, 11) is 0. The molecule has 3 aromatic carbocycles. The smallest absolute Gasteiger partial charge is 0.160 e. The van der Waals surface area contributed by atoms with Gasteiger partial charge in [0.05, 0.1) is 16.9 Å². The Labute approximate surface area is 176 Å². The van der Waals surface area contributed by atoms with Crippen LogP contribution in [0.15, 0.2) is 85.1 Å². The van der Waals surface area contributed by atoms with Crippen molar-refractivity contribution in [1.29, 1.82) is 0 Å². The van der Waals surface area contributed by atoms with E-state index >= 15 is 0 Å². The van der Waals surface area contributed by atoms with Crippen molar-refractivity contribution in [2.45, 2.75) is 26.2 Å². The molecule has 0 unspecified atom stereocenters. The quantitative estimate of drug-likeness (QED) is 0.333. The Hall–Kier alpha value is -3.59. The molecule has 5 aromatic rings. The molecule has 2 aromatic heterocycles. The van der Waals surface area contributed by atoms with Crippen molar-refractivity contribution >= 4 is 21.7 Å². The summed E-state index contributed by atoms with van der Waals surface area (Å²) in [6, 6.07) is 27.0. The van der Waals surface area contributed by atoms with Gasteiger partial charge in [-0.25, -0.2) is 9.97 Å². The molecule has 0 fully saturated rings. The standard InChI is InChI=1S/C27H23N3/c1-27(2,3)25-22-13-6-7-14-23(22)29-26(30-25)20-11-8-10-19(17-20)24-21-12-5-4-9-18(21)15-16-28-24/h4-17H,1-3H3. The van der Waals surface area contributed by atoms with Crippen molar-refractivity contribution < 1.29 is 0 Å². The molecule has 0 saturated carbocycles. The largest absolute Gasteiger partial charge is 0.256 e. The van der Waals surface area contributed by atoms with Crippen LogP contribution in [0, 0.1) is 0 Å². The number of fused-ring (bicyclic) bond motifs is 2.